The van der Waals surface area contributed by atoms with Gasteiger partial charge in [0.1, 0.15) is 5.75 Å². The van der Waals surface area contributed by atoms with E-state index in [0.717, 1.165) is 22.4 Å². The first kappa shape index (κ1) is 17.9. The van der Waals surface area contributed by atoms with Gasteiger partial charge < -0.3 is 4.74 Å². The number of sulfonamides is 1. The van der Waals surface area contributed by atoms with Gasteiger partial charge in [-0.15, -0.1) is 0 Å². The first-order chi connectivity index (χ1) is 12.3. The maximum absolute atomic E-state index is 12.4. The number of rotatable bonds is 5. The summed E-state index contributed by atoms with van der Waals surface area (Å²) in [6.45, 7) is 5.83. The van der Waals surface area contributed by atoms with Crippen molar-refractivity contribution in [3.05, 3.63) is 77.5 Å². The summed E-state index contributed by atoms with van der Waals surface area (Å²) in [5.74, 6) is 1.16. The molecule has 5 nitrogen and oxygen atoms in total. The minimum absolute atomic E-state index is 0.207. The van der Waals surface area contributed by atoms with Crippen molar-refractivity contribution >= 4 is 15.7 Å². The van der Waals surface area contributed by atoms with E-state index in [1.807, 2.05) is 39.0 Å². The number of benzene rings is 2. The van der Waals surface area contributed by atoms with Crippen LogP contribution >= 0.6 is 0 Å². The maximum Gasteiger partial charge on any atom is 0.261 e. The number of anilines is 1. The molecule has 0 radical (unpaired) electrons. The second kappa shape index (κ2) is 7.17. The van der Waals surface area contributed by atoms with Crippen LogP contribution in [-0.2, 0) is 10.0 Å². The number of nitrogens with zero attached hydrogens (tertiary/aromatic N) is 1. The fraction of sp³-hybridized carbons (Fsp3) is 0.150. The van der Waals surface area contributed by atoms with Gasteiger partial charge >= 0.3 is 0 Å². The number of ether oxygens (including phenoxy) is 1. The third kappa shape index (κ3) is 4.03. The van der Waals surface area contributed by atoms with Gasteiger partial charge in [-0.1, -0.05) is 35.9 Å². The molecule has 0 aliphatic rings. The molecule has 0 bridgehead atoms. The lowest BCUT2D eigenvalue weighted by molar-refractivity contribution is 0.456. The molecule has 6 heteroatoms. The third-order valence-electron chi connectivity index (χ3n) is 3.94. The lowest BCUT2D eigenvalue weighted by atomic mass is 10.1. The summed E-state index contributed by atoms with van der Waals surface area (Å²) in [5, 5.41) is 0. The minimum Gasteiger partial charge on any atom is -0.438 e. The third-order valence-corrected chi connectivity index (χ3v) is 5.33. The van der Waals surface area contributed by atoms with E-state index in [-0.39, 0.29) is 4.90 Å². The number of aromatic nitrogens is 1. The molecule has 0 spiro atoms. The highest BCUT2D eigenvalue weighted by molar-refractivity contribution is 7.92. The van der Waals surface area contributed by atoms with Crippen LogP contribution < -0.4 is 9.46 Å². The van der Waals surface area contributed by atoms with Crippen molar-refractivity contribution in [2.45, 2.75) is 25.7 Å². The zero-order chi connectivity index (χ0) is 18.7. The number of aryl methyl sites for hydroxylation is 3. The molecule has 2 aromatic carbocycles. The topological polar surface area (TPSA) is 68.3 Å². The molecule has 0 amide bonds. The largest absolute Gasteiger partial charge is 0.438 e. The Morgan fingerprint density at radius 2 is 1.54 bits per heavy atom. The van der Waals surface area contributed by atoms with Gasteiger partial charge in [-0.25, -0.2) is 13.4 Å². The first-order valence-electron chi connectivity index (χ1n) is 8.15. The number of pyridine rings is 1. The van der Waals surface area contributed by atoms with Crippen molar-refractivity contribution < 1.29 is 13.2 Å². The molecule has 1 aromatic heterocycles. The Labute approximate surface area is 153 Å². The van der Waals surface area contributed by atoms with Crippen molar-refractivity contribution in [1.29, 1.82) is 0 Å². The maximum atomic E-state index is 12.4. The fourth-order valence-electron chi connectivity index (χ4n) is 2.50. The van der Waals surface area contributed by atoms with Crippen LogP contribution in [-0.4, -0.2) is 13.4 Å². The molecule has 0 aliphatic heterocycles. The van der Waals surface area contributed by atoms with Crippen molar-refractivity contribution in [2.24, 2.45) is 0 Å². The number of hydrogen-bond donors (Lipinski definition) is 1. The van der Waals surface area contributed by atoms with E-state index in [1.165, 1.54) is 6.20 Å². The van der Waals surface area contributed by atoms with Crippen LogP contribution in [0.25, 0.3) is 0 Å². The van der Waals surface area contributed by atoms with E-state index in [2.05, 4.69) is 9.71 Å². The molecular formula is C20H20N2O3S. The lowest BCUT2D eigenvalue weighted by Gasteiger charge is -2.12. The Morgan fingerprint density at radius 1 is 0.885 bits per heavy atom. The molecule has 0 fully saturated rings. The smallest absolute Gasteiger partial charge is 0.261 e. The van der Waals surface area contributed by atoms with Gasteiger partial charge in [0.25, 0.3) is 10.0 Å². The Bertz CT molecular complexity index is 992. The second-order valence-electron chi connectivity index (χ2n) is 6.13. The van der Waals surface area contributed by atoms with Gasteiger partial charge in [0.2, 0.25) is 5.88 Å². The summed E-state index contributed by atoms with van der Waals surface area (Å²) in [6, 6.07) is 15.8. The van der Waals surface area contributed by atoms with E-state index in [9.17, 15) is 8.42 Å². The van der Waals surface area contributed by atoms with E-state index in [0.29, 0.717) is 11.6 Å². The van der Waals surface area contributed by atoms with Crippen LogP contribution in [0.3, 0.4) is 0 Å². The van der Waals surface area contributed by atoms with Gasteiger partial charge in [-0.3, -0.25) is 4.72 Å². The van der Waals surface area contributed by atoms with E-state index >= 15 is 0 Å². The Kier molecular flexibility index (Phi) is 4.95. The lowest BCUT2D eigenvalue weighted by Crippen LogP contribution is -2.13. The van der Waals surface area contributed by atoms with Crippen LogP contribution in [0.1, 0.15) is 16.7 Å². The normalized spacial score (nSPS) is 11.2. The molecule has 26 heavy (non-hydrogen) atoms. The highest BCUT2D eigenvalue weighted by atomic mass is 32.2. The van der Waals surface area contributed by atoms with Crippen molar-refractivity contribution in [2.75, 3.05) is 4.72 Å². The highest BCUT2D eigenvalue weighted by Crippen LogP contribution is 2.28. The zero-order valence-corrected chi connectivity index (χ0v) is 15.7. The van der Waals surface area contributed by atoms with Crippen LogP contribution in [0.4, 0.5) is 5.69 Å². The van der Waals surface area contributed by atoms with Gasteiger partial charge in [0.15, 0.2) is 0 Å². The van der Waals surface area contributed by atoms with E-state index in [4.69, 9.17) is 4.74 Å². The van der Waals surface area contributed by atoms with Crippen LogP contribution in [0.15, 0.2) is 65.7 Å². The summed E-state index contributed by atoms with van der Waals surface area (Å²) in [7, 11) is -3.65. The fourth-order valence-corrected chi connectivity index (χ4v) is 3.54. The summed E-state index contributed by atoms with van der Waals surface area (Å²) >= 11 is 0. The quantitative estimate of drug-likeness (QED) is 0.715. The highest BCUT2D eigenvalue weighted by Gasteiger charge is 2.14. The molecule has 3 rings (SSSR count). The SMILES string of the molecule is Cc1ccc(S(=O)(=O)Nc2ccc(Oc3c(C)cccc3C)nc2)cc1. The zero-order valence-electron chi connectivity index (χ0n) is 14.9. The van der Waals surface area contributed by atoms with Crippen LogP contribution in [0.2, 0.25) is 0 Å². The first-order valence-corrected chi connectivity index (χ1v) is 9.63. The minimum atomic E-state index is -3.65. The predicted octanol–water partition coefficient (Wildman–Crippen LogP) is 4.60. The number of nitrogens with one attached hydrogen (secondary N) is 1. The molecule has 0 saturated carbocycles. The van der Waals surface area contributed by atoms with Crippen molar-refractivity contribution in [3.8, 4) is 11.6 Å². The molecule has 1 heterocycles. The monoisotopic (exact) mass is 368 g/mol. The molecule has 0 unspecified atom stereocenters. The summed E-state index contributed by atoms with van der Waals surface area (Å²) in [6.07, 6.45) is 1.44. The number of hydrogen-bond acceptors (Lipinski definition) is 4. The Balaban J connectivity index is 1.76. The summed E-state index contributed by atoms with van der Waals surface area (Å²) < 4.78 is 33.2. The Hall–Kier alpha value is -2.86. The molecule has 0 aliphatic carbocycles. The molecular weight excluding hydrogens is 348 g/mol. The summed E-state index contributed by atoms with van der Waals surface area (Å²) in [4.78, 5) is 4.41. The average Bonchev–Trinajstić information content (AvgIpc) is 2.60. The van der Waals surface area contributed by atoms with E-state index < -0.39 is 10.0 Å². The van der Waals surface area contributed by atoms with Crippen molar-refractivity contribution in [1.82, 2.24) is 4.98 Å². The Morgan fingerprint density at radius 3 is 2.12 bits per heavy atom. The number of para-hydroxylation sites is 1. The van der Waals surface area contributed by atoms with Crippen LogP contribution in [0.5, 0.6) is 11.6 Å². The molecule has 0 atom stereocenters. The van der Waals surface area contributed by atoms with Crippen molar-refractivity contribution in [3.63, 3.8) is 0 Å². The average molecular weight is 368 g/mol. The van der Waals surface area contributed by atoms with Gasteiger partial charge in [0.05, 0.1) is 16.8 Å². The van der Waals surface area contributed by atoms with E-state index in [1.54, 1.807) is 36.4 Å². The predicted molar refractivity (Wildman–Crippen MR) is 102 cm³/mol. The molecule has 1 N–H and O–H groups in total. The molecule has 0 saturated heterocycles. The standard InChI is InChI=1S/C20H20N2O3S/c1-14-7-10-18(11-8-14)26(23,24)22-17-9-12-19(21-13-17)25-20-15(2)5-4-6-16(20)3/h4-13,22H,1-3H3. The summed E-state index contributed by atoms with van der Waals surface area (Å²) in [5.41, 5.74) is 3.39. The van der Waals surface area contributed by atoms with Gasteiger partial charge in [0, 0.05) is 6.07 Å². The van der Waals surface area contributed by atoms with Crippen LogP contribution in [0, 0.1) is 20.8 Å². The second-order valence-corrected chi connectivity index (χ2v) is 7.81. The van der Waals surface area contributed by atoms with Gasteiger partial charge in [-0.05, 0) is 50.1 Å². The van der Waals surface area contributed by atoms with Gasteiger partial charge in [-0.2, -0.15) is 0 Å². The molecule has 3 aromatic rings. The molecule has 134 valence electrons.